The van der Waals surface area contributed by atoms with Gasteiger partial charge < -0.3 is 9.84 Å². The van der Waals surface area contributed by atoms with E-state index in [1.807, 2.05) is 0 Å². The van der Waals surface area contributed by atoms with Crippen molar-refractivity contribution < 1.29 is 18.3 Å². The molecule has 0 heterocycles. The molecule has 0 fully saturated rings. The van der Waals surface area contributed by atoms with Gasteiger partial charge in [-0.05, 0) is 24.3 Å². The standard InChI is InChI=1S/C12H15NO4S/c1-17-9-10-18(15,16)13-12-6-4-11(5-7-12)3-2-8-14/h4-7,13-14H,8-10H2,1H3. The number of anilines is 1. The number of benzene rings is 1. The molecule has 0 aliphatic carbocycles. The third-order valence-electron chi connectivity index (χ3n) is 2.03. The zero-order chi connectivity index (χ0) is 13.4. The van der Waals surface area contributed by atoms with E-state index >= 15 is 0 Å². The van der Waals surface area contributed by atoms with Crippen molar-refractivity contribution >= 4 is 15.7 Å². The third kappa shape index (κ3) is 5.19. The average molecular weight is 269 g/mol. The molecule has 1 aromatic rings. The highest BCUT2D eigenvalue weighted by molar-refractivity contribution is 7.92. The number of nitrogens with one attached hydrogen (secondary N) is 1. The Morgan fingerprint density at radius 2 is 2.00 bits per heavy atom. The van der Waals surface area contributed by atoms with Crippen LogP contribution in [-0.2, 0) is 14.8 Å². The van der Waals surface area contributed by atoms with Crippen molar-refractivity contribution in [1.82, 2.24) is 0 Å². The minimum atomic E-state index is -3.38. The van der Waals surface area contributed by atoms with Crippen molar-refractivity contribution in [2.45, 2.75) is 0 Å². The summed E-state index contributed by atoms with van der Waals surface area (Å²) in [4.78, 5) is 0. The van der Waals surface area contributed by atoms with Crippen molar-refractivity contribution in [3.63, 3.8) is 0 Å². The van der Waals surface area contributed by atoms with Crippen LogP contribution in [0.1, 0.15) is 5.56 Å². The Morgan fingerprint density at radius 3 is 2.56 bits per heavy atom. The lowest BCUT2D eigenvalue weighted by molar-refractivity contribution is 0.217. The van der Waals surface area contributed by atoms with E-state index in [1.165, 1.54) is 7.11 Å². The predicted molar refractivity (Wildman–Crippen MR) is 69.7 cm³/mol. The van der Waals surface area contributed by atoms with Crippen LogP contribution in [0, 0.1) is 11.8 Å². The first kappa shape index (κ1) is 14.5. The van der Waals surface area contributed by atoms with E-state index in [4.69, 9.17) is 9.84 Å². The first-order valence-corrected chi connectivity index (χ1v) is 6.92. The van der Waals surface area contributed by atoms with Gasteiger partial charge in [-0.25, -0.2) is 8.42 Å². The smallest absolute Gasteiger partial charge is 0.234 e. The molecule has 0 atom stereocenters. The second-order valence-electron chi connectivity index (χ2n) is 3.45. The summed E-state index contributed by atoms with van der Waals surface area (Å²) < 4.78 is 30.3. The maximum atomic E-state index is 11.6. The maximum absolute atomic E-state index is 11.6. The van der Waals surface area contributed by atoms with Crippen LogP contribution in [0.3, 0.4) is 0 Å². The van der Waals surface area contributed by atoms with Gasteiger partial charge in [0.15, 0.2) is 0 Å². The Hall–Kier alpha value is -1.55. The first-order chi connectivity index (χ1) is 8.57. The van der Waals surface area contributed by atoms with Crippen LogP contribution in [0.15, 0.2) is 24.3 Å². The molecule has 0 amide bonds. The topological polar surface area (TPSA) is 75.6 Å². The number of aliphatic hydroxyl groups is 1. The highest BCUT2D eigenvalue weighted by Crippen LogP contribution is 2.10. The molecule has 0 aromatic heterocycles. The Kier molecular flexibility index (Phi) is 5.65. The molecule has 2 N–H and O–H groups in total. The molecule has 18 heavy (non-hydrogen) atoms. The normalized spacial score (nSPS) is 10.6. The molecule has 0 spiro atoms. The highest BCUT2D eigenvalue weighted by atomic mass is 32.2. The van der Waals surface area contributed by atoms with Gasteiger partial charge in [0, 0.05) is 18.4 Å². The van der Waals surface area contributed by atoms with Gasteiger partial charge >= 0.3 is 0 Å². The fourth-order valence-electron chi connectivity index (χ4n) is 1.19. The molecule has 0 saturated heterocycles. The van der Waals surface area contributed by atoms with Crippen molar-refractivity contribution in [2.24, 2.45) is 0 Å². The summed E-state index contributed by atoms with van der Waals surface area (Å²) in [5.74, 6) is 5.14. The van der Waals surface area contributed by atoms with Crippen LogP contribution in [0.2, 0.25) is 0 Å². The lowest BCUT2D eigenvalue weighted by Gasteiger charge is -2.07. The minimum Gasteiger partial charge on any atom is -0.384 e. The van der Waals surface area contributed by atoms with E-state index in [0.29, 0.717) is 11.3 Å². The second kappa shape index (κ2) is 7.01. The van der Waals surface area contributed by atoms with Gasteiger partial charge in [-0.3, -0.25) is 4.72 Å². The van der Waals surface area contributed by atoms with Gasteiger partial charge in [-0.2, -0.15) is 0 Å². The Bertz CT molecular complexity index is 525. The van der Waals surface area contributed by atoms with Crippen LogP contribution in [0.4, 0.5) is 5.69 Å². The summed E-state index contributed by atoms with van der Waals surface area (Å²) in [5.41, 5.74) is 1.18. The number of hydrogen-bond donors (Lipinski definition) is 2. The second-order valence-corrected chi connectivity index (χ2v) is 5.29. The average Bonchev–Trinajstić information content (AvgIpc) is 2.35. The molecule has 0 aliphatic rings. The number of sulfonamides is 1. The van der Waals surface area contributed by atoms with Gasteiger partial charge in [0.1, 0.15) is 6.61 Å². The van der Waals surface area contributed by atoms with E-state index in [9.17, 15) is 8.42 Å². The number of rotatable bonds is 5. The van der Waals surface area contributed by atoms with Gasteiger partial charge in [-0.1, -0.05) is 11.8 Å². The molecule has 0 unspecified atom stereocenters. The Labute approximate surface area is 107 Å². The maximum Gasteiger partial charge on any atom is 0.234 e. The largest absolute Gasteiger partial charge is 0.384 e. The van der Waals surface area contributed by atoms with Crippen molar-refractivity contribution in [1.29, 1.82) is 0 Å². The molecule has 6 heteroatoms. The minimum absolute atomic E-state index is 0.0877. The molecular formula is C12H15NO4S. The summed E-state index contributed by atoms with van der Waals surface area (Å²) in [6, 6.07) is 6.59. The monoisotopic (exact) mass is 269 g/mol. The highest BCUT2D eigenvalue weighted by Gasteiger charge is 2.09. The molecule has 0 saturated carbocycles. The zero-order valence-corrected chi connectivity index (χ0v) is 10.8. The summed E-state index contributed by atoms with van der Waals surface area (Å²) >= 11 is 0. The van der Waals surface area contributed by atoms with Gasteiger partial charge in [-0.15, -0.1) is 0 Å². The van der Waals surface area contributed by atoms with Crippen LogP contribution >= 0.6 is 0 Å². The lowest BCUT2D eigenvalue weighted by atomic mass is 10.2. The van der Waals surface area contributed by atoms with Gasteiger partial charge in [0.2, 0.25) is 10.0 Å². The van der Waals surface area contributed by atoms with Crippen LogP contribution in [0.5, 0.6) is 0 Å². The summed E-state index contributed by atoms with van der Waals surface area (Å²) in [5, 5.41) is 8.54. The summed E-state index contributed by atoms with van der Waals surface area (Å²) in [6.07, 6.45) is 0. The molecule has 0 radical (unpaired) electrons. The quantitative estimate of drug-likeness (QED) is 0.760. The molecule has 5 nitrogen and oxygen atoms in total. The number of methoxy groups -OCH3 is 1. The van der Waals surface area contributed by atoms with E-state index in [1.54, 1.807) is 24.3 Å². The third-order valence-corrected chi connectivity index (χ3v) is 3.28. The molecule has 1 rings (SSSR count). The lowest BCUT2D eigenvalue weighted by Crippen LogP contribution is -2.19. The van der Waals surface area contributed by atoms with Crippen LogP contribution < -0.4 is 4.72 Å². The first-order valence-electron chi connectivity index (χ1n) is 5.26. The van der Waals surface area contributed by atoms with E-state index in [2.05, 4.69) is 16.6 Å². The number of aliphatic hydroxyl groups excluding tert-OH is 1. The van der Waals surface area contributed by atoms with Gasteiger partial charge in [0.05, 0.1) is 12.4 Å². The van der Waals surface area contributed by atoms with Crippen molar-refractivity contribution in [3.05, 3.63) is 29.8 Å². The molecular weight excluding hydrogens is 254 g/mol. The van der Waals surface area contributed by atoms with E-state index in [0.717, 1.165) is 0 Å². The van der Waals surface area contributed by atoms with Gasteiger partial charge in [0.25, 0.3) is 0 Å². The molecule has 98 valence electrons. The zero-order valence-electron chi connectivity index (χ0n) is 10.0. The van der Waals surface area contributed by atoms with Crippen LogP contribution in [-0.4, -0.2) is 39.6 Å². The van der Waals surface area contributed by atoms with Crippen LogP contribution in [0.25, 0.3) is 0 Å². The molecule has 0 bridgehead atoms. The fourth-order valence-corrected chi connectivity index (χ4v) is 2.17. The number of hydrogen-bond acceptors (Lipinski definition) is 4. The fraction of sp³-hybridized carbons (Fsp3) is 0.333. The Morgan fingerprint density at radius 1 is 1.33 bits per heavy atom. The van der Waals surface area contributed by atoms with Crippen molar-refractivity contribution in [2.75, 3.05) is 30.8 Å². The molecule has 0 aliphatic heterocycles. The predicted octanol–water partition coefficient (Wildman–Crippen LogP) is 0.418. The van der Waals surface area contributed by atoms with E-state index < -0.39 is 10.0 Å². The van der Waals surface area contributed by atoms with Crippen molar-refractivity contribution in [3.8, 4) is 11.8 Å². The summed E-state index contributed by atoms with van der Waals surface area (Å²) in [6.45, 7) is -0.0548. The number of ether oxygens (including phenoxy) is 1. The molecule has 1 aromatic carbocycles. The summed E-state index contributed by atoms with van der Waals surface area (Å²) in [7, 11) is -1.93. The Balaban J connectivity index is 2.69. The SMILES string of the molecule is COCCS(=O)(=O)Nc1ccc(C#CCO)cc1. The van der Waals surface area contributed by atoms with E-state index in [-0.39, 0.29) is 19.0 Å².